The van der Waals surface area contributed by atoms with Gasteiger partial charge in [-0.2, -0.15) is 5.10 Å². The molecular weight excluding hydrogens is 204 g/mol. The van der Waals surface area contributed by atoms with E-state index in [4.69, 9.17) is 16.3 Å². The largest absolute Gasteiger partial charge is 0.491 e. The highest BCUT2D eigenvalue weighted by Gasteiger charge is 2.06. The van der Waals surface area contributed by atoms with Crippen molar-refractivity contribution >= 4 is 11.6 Å². The molecular formula is C9H11ClN2O2. The molecule has 0 saturated carbocycles. The molecule has 14 heavy (non-hydrogen) atoms. The van der Waals surface area contributed by atoms with E-state index in [9.17, 15) is 4.79 Å². The summed E-state index contributed by atoms with van der Waals surface area (Å²) in [5.41, 5.74) is 0.517. The second-order valence-corrected chi connectivity index (χ2v) is 3.34. The number of nitrogens with zero attached hydrogens (tertiary/aromatic N) is 2. The van der Waals surface area contributed by atoms with E-state index in [0.717, 1.165) is 5.57 Å². The van der Waals surface area contributed by atoms with Gasteiger partial charge in [-0.3, -0.25) is 4.79 Å². The summed E-state index contributed by atoms with van der Waals surface area (Å²) in [7, 11) is 1.41. The number of aromatic nitrogens is 2. The molecule has 0 amide bonds. The van der Waals surface area contributed by atoms with Gasteiger partial charge in [-0.15, -0.1) is 0 Å². The summed E-state index contributed by atoms with van der Waals surface area (Å²) in [6, 6.07) is 1.39. The maximum atomic E-state index is 11.6. The lowest BCUT2D eigenvalue weighted by Crippen LogP contribution is -2.24. The molecule has 0 bridgehead atoms. The molecule has 4 nitrogen and oxygen atoms in total. The standard InChI is InChI=1S/C9H11ClN2O2/c1-6(2)5-12-9(13)7(14-3)4-8(10)11-12/h4H,1,5H2,2-3H3. The molecule has 0 aliphatic heterocycles. The van der Waals surface area contributed by atoms with Crippen molar-refractivity contribution in [3.63, 3.8) is 0 Å². The molecule has 1 heterocycles. The van der Waals surface area contributed by atoms with Gasteiger partial charge < -0.3 is 4.74 Å². The monoisotopic (exact) mass is 214 g/mol. The Bertz CT molecular complexity index is 412. The van der Waals surface area contributed by atoms with Crippen LogP contribution in [0.2, 0.25) is 5.15 Å². The molecule has 0 aliphatic carbocycles. The molecule has 0 aromatic carbocycles. The van der Waals surface area contributed by atoms with Crippen LogP contribution in [-0.4, -0.2) is 16.9 Å². The van der Waals surface area contributed by atoms with E-state index in [0.29, 0.717) is 6.54 Å². The van der Waals surface area contributed by atoms with Gasteiger partial charge in [0.15, 0.2) is 10.9 Å². The number of ether oxygens (including phenoxy) is 1. The SMILES string of the molecule is C=C(C)Cn1nc(Cl)cc(OC)c1=O. The Hall–Kier alpha value is -1.29. The smallest absolute Gasteiger partial charge is 0.309 e. The Morgan fingerprint density at radius 2 is 2.43 bits per heavy atom. The van der Waals surface area contributed by atoms with E-state index in [1.54, 1.807) is 0 Å². The highest BCUT2D eigenvalue weighted by Crippen LogP contribution is 2.09. The fourth-order valence-electron chi connectivity index (χ4n) is 0.996. The lowest BCUT2D eigenvalue weighted by Gasteiger charge is -2.06. The predicted molar refractivity (Wildman–Crippen MR) is 54.9 cm³/mol. The summed E-state index contributed by atoms with van der Waals surface area (Å²) in [5.74, 6) is 0.186. The van der Waals surface area contributed by atoms with Crippen LogP contribution in [0, 0.1) is 0 Å². The summed E-state index contributed by atoms with van der Waals surface area (Å²) in [4.78, 5) is 11.6. The number of allylic oxidation sites excluding steroid dienone is 1. The minimum absolute atomic E-state index is 0.186. The fourth-order valence-corrected chi connectivity index (χ4v) is 1.19. The lowest BCUT2D eigenvalue weighted by molar-refractivity contribution is 0.398. The molecule has 0 fully saturated rings. The summed E-state index contributed by atoms with van der Waals surface area (Å²) in [5, 5.41) is 4.07. The maximum absolute atomic E-state index is 11.6. The summed E-state index contributed by atoms with van der Waals surface area (Å²) in [6.07, 6.45) is 0. The molecule has 1 aromatic heterocycles. The third-order valence-electron chi connectivity index (χ3n) is 1.55. The zero-order valence-corrected chi connectivity index (χ0v) is 8.84. The first-order valence-electron chi connectivity index (χ1n) is 4.00. The zero-order valence-electron chi connectivity index (χ0n) is 8.08. The van der Waals surface area contributed by atoms with Crippen LogP contribution in [0.1, 0.15) is 6.92 Å². The van der Waals surface area contributed by atoms with Gasteiger partial charge in [0.1, 0.15) is 0 Å². The molecule has 0 saturated heterocycles. The summed E-state index contributed by atoms with van der Waals surface area (Å²) >= 11 is 5.70. The number of hydrogen-bond acceptors (Lipinski definition) is 3. The normalized spacial score (nSPS) is 9.93. The first-order chi connectivity index (χ1) is 6.54. The van der Waals surface area contributed by atoms with Crippen LogP contribution >= 0.6 is 11.6 Å². The van der Waals surface area contributed by atoms with Crippen LogP contribution < -0.4 is 10.3 Å². The highest BCUT2D eigenvalue weighted by atomic mass is 35.5. The van der Waals surface area contributed by atoms with E-state index < -0.39 is 0 Å². The van der Waals surface area contributed by atoms with E-state index in [1.807, 2.05) is 6.92 Å². The Kier molecular flexibility index (Phi) is 3.30. The van der Waals surface area contributed by atoms with Gasteiger partial charge in [-0.1, -0.05) is 23.8 Å². The van der Waals surface area contributed by atoms with Gasteiger partial charge >= 0.3 is 5.56 Å². The summed E-state index contributed by atoms with van der Waals surface area (Å²) < 4.78 is 6.09. The zero-order chi connectivity index (χ0) is 10.7. The third-order valence-corrected chi connectivity index (χ3v) is 1.74. The quantitative estimate of drug-likeness (QED) is 0.716. The van der Waals surface area contributed by atoms with Crippen molar-refractivity contribution in [3.05, 3.63) is 33.7 Å². The first kappa shape index (κ1) is 10.8. The maximum Gasteiger partial charge on any atom is 0.309 e. The van der Waals surface area contributed by atoms with Crippen LogP contribution in [0.4, 0.5) is 0 Å². The molecule has 5 heteroatoms. The Morgan fingerprint density at radius 3 is 2.93 bits per heavy atom. The van der Waals surface area contributed by atoms with Crippen molar-refractivity contribution in [2.24, 2.45) is 0 Å². The second-order valence-electron chi connectivity index (χ2n) is 2.96. The van der Waals surface area contributed by atoms with E-state index in [1.165, 1.54) is 17.9 Å². The molecule has 0 unspecified atom stereocenters. The van der Waals surface area contributed by atoms with Gasteiger partial charge in [0.05, 0.1) is 13.7 Å². The molecule has 0 spiro atoms. The Balaban J connectivity index is 3.22. The van der Waals surface area contributed by atoms with Gasteiger partial charge in [0.2, 0.25) is 0 Å². The molecule has 0 N–H and O–H groups in total. The molecule has 76 valence electrons. The van der Waals surface area contributed by atoms with Crippen molar-refractivity contribution in [2.75, 3.05) is 7.11 Å². The van der Waals surface area contributed by atoms with Crippen LogP contribution in [0.25, 0.3) is 0 Å². The molecule has 1 aromatic rings. The number of methoxy groups -OCH3 is 1. The number of halogens is 1. The third kappa shape index (κ3) is 2.35. The van der Waals surface area contributed by atoms with Crippen LogP contribution in [0.5, 0.6) is 5.75 Å². The first-order valence-corrected chi connectivity index (χ1v) is 4.38. The number of rotatable bonds is 3. The average Bonchev–Trinajstić information content (AvgIpc) is 2.09. The van der Waals surface area contributed by atoms with Gasteiger partial charge in [0.25, 0.3) is 0 Å². The van der Waals surface area contributed by atoms with Crippen LogP contribution in [-0.2, 0) is 6.54 Å². The van der Waals surface area contributed by atoms with E-state index in [2.05, 4.69) is 11.7 Å². The van der Waals surface area contributed by atoms with Crippen LogP contribution in [0.15, 0.2) is 23.0 Å². The molecule has 0 radical (unpaired) electrons. The minimum atomic E-state index is -0.306. The Labute approximate surface area is 86.8 Å². The topological polar surface area (TPSA) is 44.1 Å². The van der Waals surface area contributed by atoms with Crippen molar-refractivity contribution in [1.29, 1.82) is 0 Å². The molecule has 1 rings (SSSR count). The molecule has 0 atom stereocenters. The average molecular weight is 215 g/mol. The summed E-state index contributed by atoms with van der Waals surface area (Å²) in [6.45, 7) is 5.84. The fraction of sp³-hybridized carbons (Fsp3) is 0.333. The number of hydrogen-bond donors (Lipinski definition) is 0. The predicted octanol–water partition coefficient (Wildman–Crippen LogP) is 1.48. The second kappa shape index (κ2) is 4.28. The van der Waals surface area contributed by atoms with Gasteiger partial charge in [-0.05, 0) is 6.92 Å². The van der Waals surface area contributed by atoms with Crippen molar-refractivity contribution in [2.45, 2.75) is 13.5 Å². The minimum Gasteiger partial charge on any atom is -0.491 e. The van der Waals surface area contributed by atoms with E-state index >= 15 is 0 Å². The Morgan fingerprint density at radius 1 is 1.79 bits per heavy atom. The van der Waals surface area contributed by atoms with Crippen LogP contribution in [0.3, 0.4) is 0 Å². The van der Waals surface area contributed by atoms with Gasteiger partial charge in [-0.25, -0.2) is 4.68 Å². The van der Waals surface area contributed by atoms with Crippen molar-refractivity contribution in [3.8, 4) is 5.75 Å². The molecule has 0 aliphatic rings. The van der Waals surface area contributed by atoms with Crippen molar-refractivity contribution < 1.29 is 4.74 Å². The highest BCUT2D eigenvalue weighted by molar-refractivity contribution is 6.29. The lowest BCUT2D eigenvalue weighted by atomic mass is 10.3. The van der Waals surface area contributed by atoms with Gasteiger partial charge in [0, 0.05) is 6.07 Å². The van der Waals surface area contributed by atoms with E-state index in [-0.39, 0.29) is 16.5 Å². The van der Waals surface area contributed by atoms with Crippen molar-refractivity contribution in [1.82, 2.24) is 9.78 Å².